The Morgan fingerprint density at radius 3 is 2.60 bits per heavy atom. The van der Waals surface area contributed by atoms with E-state index in [-0.39, 0.29) is 11.8 Å². The number of sulfone groups is 1. The molecule has 0 aromatic heterocycles. The molecule has 0 fully saturated rings. The predicted octanol–water partition coefficient (Wildman–Crippen LogP) is 0.791. The van der Waals surface area contributed by atoms with E-state index in [1.807, 2.05) is 6.92 Å². The molecule has 0 bridgehead atoms. The van der Waals surface area contributed by atoms with E-state index < -0.39 is 9.84 Å². The van der Waals surface area contributed by atoms with Gasteiger partial charge in [0.05, 0.1) is 12.4 Å². The normalized spacial score (nSPS) is 14.1. The maximum atomic E-state index is 11.1. The van der Waals surface area contributed by atoms with Crippen molar-refractivity contribution >= 4 is 15.8 Å². The van der Waals surface area contributed by atoms with Crippen LogP contribution in [0.5, 0.6) is 0 Å². The summed E-state index contributed by atoms with van der Waals surface area (Å²) < 4.78 is 27.6. The molecule has 0 rings (SSSR count). The van der Waals surface area contributed by atoms with Gasteiger partial charge in [-0.15, -0.1) is 0 Å². The lowest BCUT2D eigenvalue weighted by Gasteiger charge is -2.17. The molecule has 0 amide bonds. The Balaban J connectivity index is 3.81. The van der Waals surface area contributed by atoms with Crippen LogP contribution in [0.4, 0.5) is 0 Å². The van der Waals surface area contributed by atoms with Gasteiger partial charge in [0.1, 0.15) is 9.84 Å². The molecule has 6 nitrogen and oxygen atoms in total. The standard InChI is InChI=1S/C13H29N3O3S/c1-5-6-9-19-10-8-15-13(14-3)16-12(2)7-11-20(4,17)18/h12H,5-11H2,1-4H3,(H2,14,15,16). The smallest absolute Gasteiger partial charge is 0.191 e. The first-order valence-corrected chi connectivity index (χ1v) is 9.17. The van der Waals surface area contributed by atoms with Gasteiger partial charge in [0.15, 0.2) is 5.96 Å². The first kappa shape index (κ1) is 19.2. The van der Waals surface area contributed by atoms with E-state index in [2.05, 4.69) is 22.5 Å². The number of aliphatic imine (C=N–C) groups is 1. The van der Waals surface area contributed by atoms with Crippen LogP contribution in [0.3, 0.4) is 0 Å². The highest BCUT2D eigenvalue weighted by Crippen LogP contribution is 1.95. The van der Waals surface area contributed by atoms with E-state index in [1.54, 1.807) is 7.05 Å². The van der Waals surface area contributed by atoms with Crippen molar-refractivity contribution in [3.8, 4) is 0 Å². The van der Waals surface area contributed by atoms with Gasteiger partial charge >= 0.3 is 0 Å². The monoisotopic (exact) mass is 307 g/mol. The van der Waals surface area contributed by atoms with Crippen molar-refractivity contribution in [1.29, 1.82) is 0 Å². The highest BCUT2D eigenvalue weighted by molar-refractivity contribution is 7.90. The molecule has 1 atom stereocenters. The number of ether oxygens (including phenoxy) is 1. The summed E-state index contributed by atoms with van der Waals surface area (Å²) in [6.45, 7) is 6.18. The van der Waals surface area contributed by atoms with E-state index in [9.17, 15) is 8.42 Å². The summed E-state index contributed by atoms with van der Waals surface area (Å²) in [7, 11) is -1.22. The summed E-state index contributed by atoms with van der Waals surface area (Å²) in [6, 6.07) is 0.0527. The average Bonchev–Trinajstić information content (AvgIpc) is 2.38. The van der Waals surface area contributed by atoms with Crippen molar-refractivity contribution in [2.24, 2.45) is 4.99 Å². The van der Waals surface area contributed by atoms with E-state index in [0.717, 1.165) is 19.4 Å². The zero-order valence-corrected chi connectivity index (χ0v) is 13.9. The third-order valence-electron chi connectivity index (χ3n) is 2.71. The molecule has 20 heavy (non-hydrogen) atoms. The Morgan fingerprint density at radius 1 is 1.35 bits per heavy atom. The topological polar surface area (TPSA) is 79.8 Å². The molecule has 0 aliphatic carbocycles. The number of guanidine groups is 1. The summed E-state index contributed by atoms with van der Waals surface area (Å²) in [6.07, 6.45) is 4.02. The van der Waals surface area contributed by atoms with Crippen LogP contribution in [0.25, 0.3) is 0 Å². The minimum Gasteiger partial charge on any atom is -0.380 e. The van der Waals surface area contributed by atoms with Gasteiger partial charge in [-0.2, -0.15) is 0 Å². The Labute approximate surface area is 123 Å². The number of nitrogens with one attached hydrogen (secondary N) is 2. The molecule has 0 spiro atoms. The summed E-state index contributed by atoms with van der Waals surface area (Å²) in [5.41, 5.74) is 0. The van der Waals surface area contributed by atoms with Gasteiger partial charge in [-0.05, 0) is 19.8 Å². The summed E-state index contributed by atoms with van der Waals surface area (Å²) in [4.78, 5) is 4.10. The van der Waals surface area contributed by atoms with Crippen molar-refractivity contribution < 1.29 is 13.2 Å². The Morgan fingerprint density at radius 2 is 2.05 bits per heavy atom. The highest BCUT2D eigenvalue weighted by atomic mass is 32.2. The lowest BCUT2D eigenvalue weighted by atomic mass is 10.3. The lowest BCUT2D eigenvalue weighted by molar-refractivity contribution is 0.136. The summed E-state index contributed by atoms with van der Waals surface area (Å²) in [5, 5.41) is 6.30. The second kappa shape index (κ2) is 10.9. The number of nitrogens with zero attached hydrogens (tertiary/aromatic N) is 1. The molecular formula is C13H29N3O3S. The molecule has 0 aliphatic heterocycles. The Bertz CT molecular complexity index is 369. The molecule has 0 aromatic carbocycles. The van der Waals surface area contributed by atoms with Crippen molar-refractivity contribution in [2.45, 2.75) is 39.2 Å². The van der Waals surface area contributed by atoms with Gasteiger partial charge in [0.25, 0.3) is 0 Å². The Kier molecular flexibility index (Phi) is 10.5. The van der Waals surface area contributed by atoms with E-state index in [1.165, 1.54) is 6.26 Å². The first-order valence-electron chi connectivity index (χ1n) is 7.11. The number of rotatable bonds is 10. The van der Waals surface area contributed by atoms with Crippen molar-refractivity contribution in [3.05, 3.63) is 0 Å². The quantitative estimate of drug-likeness (QED) is 0.354. The molecule has 0 radical (unpaired) electrons. The summed E-state index contributed by atoms with van der Waals surface area (Å²) in [5.74, 6) is 0.850. The van der Waals surface area contributed by atoms with E-state index >= 15 is 0 Å². The molecule has 0 aromatic rings. The molecule has 0 saturated heterocycles. The lowest BCUT2D eigenvalue weighted by Crippen LogP contribution is -2.43. The maximum absolute atomic E-state index is 11.1. The van der Waals surface area contributed by atoms with Crippen molar-refractivity contribution in [1.82, 2.24) is 10.6 Å². The Hall–Kier alpha value is -0.820. The fourth-order valence-electron chi connectivity index (χ4n) is 1.48. The molecule has 0 heterocycles. The zero-order chi connectivity index (χ0) is 15.4. The zero-order valence-electron chi connectivity index (χ0n) is 13.1. The molecule has 7 heteroatoms. The van der Waals surface area contributed by atoms with Gasteiger partial charge in [-0.3, -0.25) is 4.99 Å². The number of unbranched alkanes of at least 4 members (excludes halogenated alkanes) is 1. The van der Waals surface area contributed by atoms with Gasteiger partial charge in [0, 0.05) is 32.5 Å². The second-order valence-electron chi connectivity index (χ2n) is 4.93. The minimum atomic E-state index is -2.91. The number of hydrogen-bond donors (Lipinski definition) is 2. The van der Waals surface area contributed by atoms with Crippen LogP contribution in [-0.4, -0.2) is 59.2 Å². The van der Waals surface area contributed by atoms with Crippen LogP contribution < -0.4 is 10.6 Å². The molecule has 1 unspecified atom stereocenters. The van der Waals surface area contributed by atoms with Crippen LogP contribution in [-0.2, 0) is 14.6 Å². The first-order chi connectivity index (χ1) is 9.39. The van der Waals surface area contributed by atoms with Gasteiger partial charge < -0.3 is 15.4 Å². The summed E-state index contributed by atoms with van der Waals surface area (Å²) >= 11 is 0. The largest absolute Gasteiger partial charge is 0.380 e. The minimum absolute atomic E-state index is 0.0527. The average molecular weight is 307 g/mol. The molecule has 0 aliphatic rings. The fraction of sp³-hybridized carbons (Fsp3) is 0.923. The molecule has 2 N–H and O–H groups in total. The van der Waals surface area contributed by atoms with Crippen LogP contribution >= 0.6 is 0 Å². The maximum Gasteiger partial charge on any atom is 0.191 e. The predicted molar refractivity (Wildman–Crippen MR) is 84.0 cm³/mol. The van der Waals surface area contributed by atoms with Crippen molar-refractivity contribution in [2.75, 3.05) is 38.8 Å². The third kappa shape index (κ3) is 12.2. The SMILES string of the molecule is CCCCOCCNC(=NC)NC(C)CCS(C)(=O)=O. The van der Waals surface area contributed by atoms with E-state index in [4.69, 9.17) is 4.74 Å². The second-order valence-corrected chi connectivity index (χ2v) is 7.19. The van der Waals surface area contributed by atoms with Crippen LogP contribution in [0.2, 0.25) is 0 Å². The van der Waals surface area contributed by atoms with Crippen LogP contribution in [0.15, 0.2) is 4.99 Å². The number of hydrogen-bond acceptors (Lipinski definition) is 4. The molecular weight excluding hydrogens is 278 g/mol. The van der Waals surface area contributed by atoms with Crippen molar-refractivity contribution in [3.63, 3.8) is 0 Å². The molecule has 0 saturated carbocycles. The van der Waals surface area contributed by atoms with Gasteiger partial charge in [-0.25, -0.2) is 8.42 Å². The fourth-order valence-corrected chi connectivity index (χ4v) is 2.26. The van der Waals surface area contributed by atoms with Crippen LogP contribution in [0.1, 0.15) is 33.1 Å². The third-order valence-corrected chi connectivity index (χ3v) is 3.69. The van der Waals surface area contributed by atoms with Gasteiger partial charge in [0.2, 0.25) is 0 Å². The highest BCUT2D eigenvalue weighted by Gasteiger charge is 2.09. The molecule has 120 valence electrons. The van der Waals surface area contributed by atoms with Gasteiger partial charge in [-0.1, -0.05) is 13.3 Å². The van der Waals surface area contributed by atoms with E-state index in [0.29, 0.717) is 25.5 Å². The van der Waals surface area contributed by atoms with Crippen LogP contribution in [0, 0.1) is 0 Å².